The van der Waals surface area contributed by atoms with Crippen LogP contribution in [0.5, 0.6) is 0 Å². The first-order chi connectivity index (χ1) is 22.2. The molecule has 0 radical (unpaired) electrons. The Bertz CT molecular complexity index is 1910. The summed E-state index contributed by atoms with van der Waals surface area (Å²) in [5.41, 5.74) is 6.89. The fourth-order valence-electron chi connectivity index (χ4n) is 5.72. The van der Waals surface area contributed by atoms with Gasteiger partial charge in [0.1, 0.15) is 12.3 Å². The standard InChI is InChI=1S/C38H36N2O6/c1-3-19-39-29(15-13-27-21-25(11-17-33(27)39)7-5-9-35(41)42)23-31-37(45)32(38(31)46)24-30-16-14-28-22-26(8-6-10-36(43)44)12-18-34(28)40(30)20-4-2/h5-8,11-18,21-24H,3-4,9-10,19-20H2,1-2H3,(H2-,41,42,43,44,45,46)/p+1/b7-5+,8-6+. The number of rotatable bonds is 12. The number of carbonyl (C=O) groups is 3. The molecule has 3 aromatic rings. The molecule has 0 spiro atoms. The molecule has 0 saturated carbocycles. The Morgan fingerprint density at radius 1 is 0.848 bits per heavy atom. The number of aliphatic hydroxyl groups is 1. The van der Waals surface area contributed by atoms with Crippen LogP contribution >= 0.6 is 0 Å². The van der Waals surface area contributed by atoms with Gasteiger partial charge in [0.05, 0.1) is 24.0 Å². The van der Waals surface area contributed by atoms with Crippen LogP contribution in [0.4, 0.5) is 5.69 Å². The molecule has 46 heavy (non-hydrogen) atoms. The normalized spacial score (nSPS) is 16.3. The number of carboxylic acid groups (broad SMARTS) is 2. The van der Waals surface area contributed by atoms with Crippen molar-refractivity contribution in [2.75, 3.05) is 11.4 Å². The molecule has 2 aromatic carbocycles. The molecule has 8 nitrogen and oxygen atoms in total. The van der Waals surface area contributed by atoms with Crippen molar-refractivity contribution in [3.63, 3.8) is 0 Å². The van der Waals surface area contributed by atoms with Gasteiger partial charge < -0.3 is 20.2 Å². The topological polar surface area (TPSA) is 119 Å². The van der Waals surface area contributed by atoms with E-state index in [4.69, 9.17) is 10.2 Å². The van der Waals surface area contributed by atoms with E-state index in [-0.39, 0.29) is 35.5 Å². The van der Waals surface area contributed by atoms with Crippen LogP contribution < -0.4 is 9.47 Å². The number of fused-ring (bicyclic) bond motifs is 2. The van der Waals surface area contributed by atoms with E-state index in [1.807, 2.05) is 60.7 Å². The molecular weight excluding hydrogens is 580 g/mol. The largest absolute Gasteiger partial charge is 0.506 e. The van der Waals surface area contributed by atoms with Crippen LogP contribution in [-0.4, -0.2) is 39.6 Å². The van der Waals surface area contributed by atoms with Crippen LogP contribution in [0.3, 0.4) is 0 Å². The number of anilines is 1. The number of carbonyl (C=O) groups excluding carboxylic acids is 1. The molecule has 1 aliphatic carbocycles. The van der Waals surface area contributed by atoms with Gasteiger partial charge in [-0.15, -0.1) is 0 Å². The van der Waals surface area contributed by atoms with Gasteiger partial charge in [0.2, 0.25) is 17.0 Å². The molecule has 0 unspecified atom stereocenters. The highest BCUT2D eigenvalue weighted by Crippen LogP contribution is 2.36. The second-order valence-corrected chi connectivity index (χ2v) is 11.3. The quantitative estimate of drug-likeness (QED) is 0.146. The van der Waals surface area contributed by atoms with E-state index in [9.17, 15) is 19.5 Å². The third kappa shape index (κ3) is 6.91. The molecule has 1 aliphatic heterocycles. The summed E-state index contributed by atoms with van der Waals surface area (Å²) < 4.78 is 2.12. The van der Waals surface area contributed by atoms with Crippen molar-refractivity contribution in [2.24, 2.45) is 0 Å². The average molecular weight is 618 g/mol. The molecule has 0 saturated heterocycles. The van der Waals surface area contributed by atoms with Gasteiger partial charge in [-0.1, -0.05) is 50.3 Å². The SMILES string of the molecule is CCCN1/C(=C/C2=C(O)C(=C/c3ccc4cc(/C=C/CC(=O)O)ccc4[n+]3CCC)/C2=O)C=Cc2cc(/C=C/CC(=O)O)ccc21. The van der Waals surface area contributed by atoms with Crippen LogP contribution in [0.2, 0.25) is 0 Å². The zero-order valence-electron chi connectivity index (χ0n) is 25.9. The van der Waals surface area contributed by atoms with Crippen molar-refractivity contribution in [2.45, 2.75) is 46.1 Å². The fourth-order valence-corrected chi connectivity index (χ4v) is 5.72. The minimum absolute atomic E-state index is 0.0332. The van der Waals surface area contributed by atoms with Crippen LogP contribution in [-0.2, 0) is 20.9 Å². The number of aromatic nitrogens is 1. The van der Waals surface area contributed by atoms with E-state index < -0.39 is 11.9 Å². The highest BCUT2D eigenvalue weighted by molar-refractivity contribution is 6.23. The van der Waals surface area contributed by atoms with Crippen LogP contribution in [0.25, 0.3) is 35.2 Å². The first-order valence-corrected chi connectivity index (χ1v) is 15.4. The summed E-state index contributed by atoms with van der Waals surface area (Å²) in [7, 11) is 0. The van der Waals surface area contributed by atoms with E-state index in [2.05, 4.69) is 23.3 Å². The molecule has 0 fully saturated rings. The van der Waals surface area contributed by atoms with Gasteiger partial charge in [-0.2, -0.15) is 4.57 Å². The molecule has 0 atom stereocenters. The van der Waals surface area contributed by atoms with Gasteiger partial charge in [-0.3, -0.25) is 14.4 Å². The lowest BCUT2D eigenvalue weighted by molar-refractivity contribution is -0.673. The number of nitrogens with zero attached hydrogens (tertiary/aromatic N) is 2. The summed E-state index contributed by atoms with van der Waals surface area (Å²) in [6.45, 7) is 5.59. The molecule has 8 heteroatoms. The Balaban J connectivity index is 1.44. The van der Waals surface area contributed by atoms with Crippen molar-refractivity contribution >= 4 is 58.6 Å². The fraction of sp³-hybridized carbons (Fsp3) is 0.211. The number of aryl methyl sites for hydroxylation is 1. The molecule has 3 N–H and O–H groups in total. The molecule has 5 rings (SSSR count). The Labute approximate surface area is 267 Å². The summed E-state index contributed by atoms with van der Waals surface area (Å²) in [4.78, 5) is 37.2. The summed E-state index contributed by atoms with van der Waals surface area (Å²) in [6, 6.07) is 15.8. The van der Waals surface area contributed by atoms with Gasteiger partial charge in [0.25, 0.3) is 0 Å². The Morgan fingerprint density at radius 3 is 2.20 bits per heavy atom. The van der Waals surface area contributed by atoms with E-state index >= 15 is 0 Å². The maximum atomic E-state index is 13.4. The van der Waals surface area contributed by atoms with Gasteiger partial charge in [0, 0.05) is 47.9 Å². The van der Waals surface area contributed by atoms with E-state index in [1.54, 1.807) is 36.5 Å². The lowest BCUT2D eigenvalue weighted by Crippen LogP contribution is -2.38. The monoisotopic (exact) mass is 617 g/mol. The van der Waals surface area contributed by atoms with E-state index in [0.29, 0.717) is 13.1 Å². The lowest BCUT2D eigenvalue weighted by Gasteiger charge is -2.31. The maximum Gasteiger partial charge on any atom is 0.307 e. The van der Waals surface area contributed by atoms with Crippen LogP contribution in [0, 0.1) is 0 Å². The smallest absolute Gasteiger partial charge is 0.307 e. The molecular formula is C38H37N2O6+. The number of benzene rings is 2. The van der Waals surface area contributed by atoms with E-state index in [1.165, 1.54) is 0 Å². The van der Waals surface area contributed by atoms with Gasteiger partial charge in [-0.05, 0) is 65.6 Å². The molecule has 234 valence electrons. The number of hydrogen-bond donors (Lipinski definition) is 3. The Morgan fingerprint density at radius 2 is 1.54 bits per heavy atom. The molecule has 2 aliphatic rings. The highest BCUT2D eigenvalue weighted by Gasteiger charge is 2.34. The predicted molar refractivity (Wildman–Crippen MR) is 181 cm³/mol. The van der Waals surface area contributed by atoms with Crippen molar-refractivity contribution < 1.29 is 34.3 Å². The summed E-state index contributed by atoms with van der Waals surface area (Å²) >= 11 is 0. The zero-order chi connectivity index (χ0) is 32.8. The van der Waals surface area contributed by atoms with Crippen LogP contribution in [0.1, 0.15) is 61.9 Å². The number of hydrogen-bond acceptors (Lipinski definition) is 5. The van der Waals surface area contributed by atoms with Gasteiger partial charge in [0.15, 0.2) is 0 Å². The number of allylic oxidation sites excluding steroid dienone is 4. The highest BCUT2D eigenvalue weighted by atomic mass is 16.4. The number of carboxylic acids is 2. The van der Waals surface area contributed by atoms with Gasteiger partial charge >= 0.3 is 11.9 Å². The number of aliphatic carboxylic acids is 2. The number of pyridine rings is 1. The van der Waals surface area contributed by atoms with E-state index in [0.717, 1.165) is 57.5 Å². The van der Waals surface area contributed by atoms with Gasteiger partial charge in [-0.25, -0.2) is 0 Å². The molecule has 2 heterocycles. The number of aliphatic hydroxyl groups excluding tert-OH is 1. The minimum atomic E-state index is -0.879. The second kappa shape index (κ2) is 14.1. The molecule has 0 bridgehead atoms. The maximum absolute atomic E-state index is 13.4. The second-order valence-electron chi connectivity index (χ2n) is 11.3. The first-order valence-electron chi connectivity index (χ1n) is 15.4. The summed E-state index contributed by atoms with van der Waals surface area (Å²) in [6.07, 6.45) is 15.9. The third-order valence-electron chi connectivity index (χ3n) is 7.86. The third-order valence-corrected chi connectivity index (χ3v) is 7.86. The predicted octanol–water partition coefficient (Wildman–Crippen LogP) is 7.12. The minimum Gasteiger partial charge on any atom is -0.506 e. The number of ketones is 1. The molecule has 0 amide bonds. The zero-order valence-corrected chi connectivity index (χ0v) is 25.9. The lowest BCUT2D eigenvalue weighted by atomic mass is 9.86. The summed E-state index contributed by atoms with van der Waals surface area (Å²) in [5, 5.41) is 29.9. The van der Waals surface area contributed by atoms with Crippen LogP contribution in [0.15, 0.2) is 95.4 Å². The van der Waals surface area contributed by atoms with Crippen molar-refractivity contribution in [1.82, 2.24) is 0 Å². The molecule has 1 aromatic heterocycles. The van der Waals surface area contributed by atoms with Crippen molar-refractivity contribution in [3.8, 4) is 0 Å². The number of Topliss-reactive ketones (excluding diaryl/α,β-unsaturated/α-hetero) is 1. The Kier molecular flexibility index (Phi) is 9.76. The first kappa shape index (κ1) is 31.9. The van der Waals surface area contributed by atoms with Crippen molar-refractivity contribution in [1.29, 1.82) is 0 Å². The average Bonchev–Trinajstić information content (AvgIpc) is 3.03. The Hall–Kier alpha value is -5.50. The van der Waals surface area contributed by atoms with Crippen molar-refractivity contribution in [3.05, 3.63) is 118 Å². The summed E-state index contributed by atoms with van der Waals surface area (Å²) in [5.74, 6) is -2.01.